The van der Waals surface area contributed by atoms with Crippen LogP contribution in [0.2, 0.25) is 0 Å². The number of methoxy groups -OCH3 is 1. The molecule has 1 aliphatic carbocycles. The second kappa shape index (κ2) is 7.02. The molecule has 2 aromatic heterocycles. The Morgan fingerprint density at radius 1 is 1.03 bits per heavy atom. The van der Waals surface area contributed by atoms with Gasteiger partial charge in [-0.25, -0.2) is 14.3 Å². The van der Waals surface area contributed by atoms with Crippen LogP contribution in [0.5, 0.6) is 5.75 Å². The van der Waals surface area contributed by atoms with E-state index in [-0.39, 0.29) is 23.3 Å². The smallest absolute Gasteiger partial charge is 0.337 e. The number of ether oxygens (including phenoxy) is 1. The quantitative estimate of drug-likeness (QED) is 0.514. The van der Waals surface area contributed by atoms with Crippen LogP contribution in [0.3, 0.4) is 0 Å². The highest BCUT2D eigenvalue weighted by Gasteiger charge is 2.31. The first-order chi connectivity index (χ1) is 14.6. The molecule has 0 radical (unpaired) electrons. The van der Waals surface area contributed by atoms with Gasteiger partial charge in [0.2, 0.25) is 0 Å². The summed E-state index contributed by atoms with van der Waals surface area (Å²) in [5, 5.41) is 0. The van der Waals surface area contributed by atoms with Crippen molar-refractivity contribution in [3.8, 4) is 11.4 Å². The Bertz CT molecular complexity index is 1350. The molecule has 2 heterocycles. The van der Waals surface area contributed by atoms with E-state index >= 15 is 0 Å². The lowest BCUT2D eigenvalue weighted by atomic mass is 10.1. The van der Waals surface area contributed by atoms with Crippen LogP contribution in [-0.4, -0.2) is 25.8 Å². The minimum Gasteiger partial charge on any atom is -0.495 e. The van der Waals surface area contributed by atoms with Crippen molar-refractivity contribution in [3.63, 3.8) is 0 Å². The molecule has 2 aromatic carbocycles. The van der Waals surface area contributed by atoms with Crippen molar-refractivity contribution in [1.82, 2.24) is 18.7 Å². The monoisotopic (exact) mass is 402 g/mol. The summed E-state index contributed by atoms with van der Waals surface area (Å²) in [5.74, 6) is 0.549. The molecule has 7 heteroatoms. The molecule has 4 aromatic rings. The number of rotatable bonds is 5. The van der Waals surface area contributed by atoms with Gasteiger partial charge in [-0.05, 0) is 37.5 Å². The van der Waals surface area contributed by atoms with E-state index in [4.69, 9.17) is 4.74 Å². The molecule has 152 valence electrons. The van der Waals surface area contributed by atoms with Crippen LogP contribution in [0.25, 0.3) is 16.9 Å². The Hall–Kier alpha value is -3.61. The van der Waals surface area contributed by atoms with Crippen LogP contribution in [0.15, 0.2) is 70.5 Å². The maximum absolute atomic E-state index is 13.4. The van der Waals surface area contributed by atoms with Gasteiger partial charge in [0.15, 0.2) is 11.2 Å². The van der Waals surface area contributed by atoms with E-state index in [1.54, 1.807) is 25.6 Å². The highest BCUT2D eigenvalue weighted by molar-refractivity contribution is 5.74. The number of nitrogens with zero attached hydrogens (tertiary/aromatic N) is 4. The zero-order chi connectivity index (χ0) is 20.8. The molecule has 0 saturated heterocycles. The van der Waals surface area contributed by atoms with Gasteiger partial charge in [-0.3, -0.25) is 9.36 Å². The SMILES string of the molecule is COc1ccccc1-n1c(=O)n(C2CC2)c(=O)c2c1ncn2[C@H](C)c1ccccc1. The average molecular weight is 402 g/mol. The lowest BCUT2D eigenvalue weighted by molar-refractivity contribution is 0.412. The molecule has 1 atom stereocenters. The van der Waals surface area contributed by atoms with Crippen molar-refractivity contribution >= 4 is 11.2 Å². The minimum atomic E-state index is -0.378. The molecule has 0 N–H and O–H groups in total. The minimum absolute atomic E-state index is 0.0641. The van der Waals surface area contributed by atoms with Gasteiger partial charge < -0.3 is 9.30 Å². The van der Waals surface area contributed by atoms with E-state index in [2.05, 4.69) is 4.98 Å². The fourth-order valence-corrected chi connectivity index (χ4v) is 3.99. The van der Waals surface area contributed by atoms with Gasteiger partial charge in [-0.1, -0.05) is 42.5 Å². The highest BCUT2D eigenvalue weighted by atomic mass is 16.5. The molecule has 1 fully saturated rings. The molecule has 5 rings (SSSR count). The molecule has 1 aliphatic rings. The van der Waals surface area contributed by atoms with Gasteiger partial charge in [0.05, 0.1) is 25.2 Å². The number of hydrogen-bond acceptors (Lipinski definition) is 4. The normalized spacial score (nSPS) is 14.7. The van der Waals surface area contributed by atoms with Gasteiger partial charge >= 0.3 is 5.69 Å². The van der Waals surface area contributed by atoms with Crippen LogP contribution in [0.4, 0.5) is 0 Å². The van der Waals surface area contributed by atoms with Crippen LogP contribution in [-0.2, 0) is 0 Å². The predicted molar refractivity (Wildman–Crippen MR) is 115 cm³/mol. The van der Waals surface area contributed by atoms with Gasteiger partial charge in [0, 0.05) is 6.04 Å². The first-order valence-electron chi connectivity index (χ1n) is 10.0. The van der Waals surface area contributed by atoms with Gasteiger partial charge in [-0.2, -0.15) is 0 Å². The highest BCUT2D eigenvalue weighted by Crippen LogP contribution is 2.33. The van der Waals surface area contributed by atoms with E-state index in [0.717, 1.165) is 18.4 Å². The Morgan fingerprint density at radius 3 is 2.43 bits per heavy atom. The summed E-state index contributed by atoms with van der Waals surface area (Å²) in [7, 11) is 1.56. The zero-order valence-corrected chi connectivity index (χ0v) is 16.9. The number of benzene rings is 2. The van der Waals surface area contributed by atoms with Crippen LogP contribution in [0, 0.1) is 0 Å². The molecule has 0 spiro atoms. The number of para-hydroxylation sites is 2. The van der Waals surface area contributed by atoms with Crippen molar-refractivity contribution in [1.29, 1.82) is 0 Å². The maximum Gasteiger partial charge on any atom is 0.337 e. The van der Waals surface area contributed by atoms with E-state index in [1.165, 1.54) is 9.13 Å². The summed E-state index contributed by atoms with van der Waals surface area (Å²) < 4.78 is 10.2. The second-order valence-corrected chi connectivity index (χ2v) is 7.61. The first-order valence-corrected chi connectivity index (χ1v) is 10.0. The summed E-state index contributed by atoms with van der Waals surface area (Å²) in [4.78, 5) is 31.4. The molecule has 30 heavy (non-hydrogen) atoms. The maximum atomic E-state index is 13.4. The third-order valence-corrected chi connectivity index (χ3v) is 5.74. The second-order valence-electron chi connectivity index (χ2n) is 7.61. The average Bonchev–Trinajstić information content (AvgIpc) is 3.51. The molecular formula is C23H22N4O3. The molecule has 0 unspecified atom stereocenters. The Balaban J connectivity index is 1.85. The number of imidazole rings is 1. The van der Waals surface area contributed by atoms with Crippen molar-refractivity contribution in [2.24, 2.45) is 0 Å². The largest absolute Gasteiger partial charge is 0.495 e. The molecular weight excluding hydrogens is 380 g/mol. The first kappa shape index (κ1) is 18.4. The summed E-state index contributed by atoms with van der Waals surface area (Å²) in [6.45, 7) is 2.02. The van der Waals surface area contributed by atoms with Crippen molar-refractivity contribution in [3.05, 3.63) is 87.3 Å². The Kier molecular flexibility index (Phi) is 4.31. The van der Waals surface area contributed by atoms with E-state index < -0.39 is 0 Å². The van der Waals surface area contributed by atoms with Crippen LogP contribution in [0.1, 0.15) is 37.4 Å². The Morgan fingerprint density at radius 2 is 1.73 bits per heavy atom. The van der Waals surface area contributed by atoms with E-state index in [0.29, 0.717) is 22.6 Å². The molecule has 0 aliphatic heterocycles. The molecule has 1 saturated carbocycles. The summed E-state index contributed by atoms with van der Waals surface area (Å²) in [5.41, 5.74) is 1.73. The Labute approximate surface area is 172 Å². The number of fused-ring (bicyclic) bond motifs is 1. The van der Waals surface area contributed by atoms with Crippen molar-refractivity contribution < 1.29 is 4.74 Å². The van der Waals surface area contributed by atoms with Gasteiger partial charge in [0.1, 0.15) is 5.75 Å². The summed E-state index contributed by atoms with van der Waals surface area (Å²) in [6, 6.07) is 17.1. The van der Waals surface area contributed by atoms with Crippen molar-refractivity contribution in [2.75, 3.05) is 7.11 Å². The van der Waals surface area contributed by atoms with Gasteiger partial charge in [-0.15, -0.1) is 0 Å². The van der Waals surface area contributed by atoms with E-state index in [9.17, 15) is 9.59 Å². The lowest BCUT2D eigenvalue weighted by Crippen LogP contribution is -2.39. The fraction of sp³-hybridized carbons (Fsp3) is 0.261. The standard InChI is InChI=1S/C23H22N4O3/c1-15(16-8-4-3-5-9-16)25-14-24-21-20(25)22(28)26(17-12-13-17)23(29)27(21)18-10-6-7-11-19(18)30-2/h3-11,14-15,17H,12-13H2,1-2H3/t15-/m1/s1. The molecule has 0 bridgehead atoms. The summed E-state index contributed by atoms with van der Waals surface area (Å²) >= 11 is 0. The third-order valence-electron chi connectivity index (χ3n) is 5.74. The molecule has 0 amide bonds. The fourth-order valence-electron chi connectivity index (χ4n) is 3.99. The molecule has 7 nitrogen and oxygen atoms in total. The third kappa shape index (κ3) is 2.77. The topological polar surface area (TPSA) is 71.1 Å². The van der Waals surface area contributed by atoms with Crippen LogP contribution < -0.4 is 16.0 Å². The number of hydrogen-bond donors (Lipinski definition) is 0. The lowest BCUT2D eigenvalue weighted by Gasteiger charge is -2.17. The zero-order valence-electron chi connectivity index (χ0n) is 16.9. The predicted octanol–water partition coefficient (Wildman–Crippen LogP) is 3.30. The van der Waals surface area contributed by atoms with Crippen LogP contribution >= 0.6 is 0 Å². The van der Waals surface area contributed by atoms with Crippen molar-refractivity contribution in [2.45, 2.75) is 31.8 Å². The van der Waals surface area contributed by atoms with E-state index in [1.807, 2.05) is 54.0 Å². The van der Waals surface area contributed by atoms with Gasteiger partial charge in [0.25, 0.3) is 5.56 Å². The number of aromatic nitrogens is 4. The summed E-state index contributed by atoms with van der Waals surface area (Å²) in [6.07, 6.45) is 3.30.